The van der Waals surface area contributed by atoms with E-state index in [1.165, 1.54) is 11.0 Å². The Balaban J connectivity index is 1.98. The number of carbonyl (C=O) groups is 1. The molecule has 1 aliphatic heterocycles. The number of sulfone groups is 1. The second kappa shape index (κ2) is 5.85. The van der Waals surface area contributed by atoms with Gasteiger partial charge in [0.2, 0.25) is 0 Å². The van der Waals surface area contributed by atoms with Crippen molar-refractivity contribution in [3.8, 4) is 0 Å². The molecule has 2 aromatic heterocycles. The van der Waals surface area contributed by atoms with Gasteiger partial charge >= 0.3 is 5.51 Å². The van der Waals surface area contributed by atoms with Crippen LogP contribution in [0.4, 0.5) is 13.2 Å². The molecule has 0 aromatic carbocycles. The number of halogens is 3. The summed E-state index contributed by atoms with van der Waals surface area (Å²) in [6.07, 6.45) is 1.50. The third-order valence-electron chi connectivity index (χ3n) is 3.66. The minimum Gasteiger partial charge on any atom is -0.334 e. The van der Waals surface area contributed by atoms with Crippen LogP contribution in [-0.2, 0) is 22.8 Å². The van der Waals surface area contributed by atoms with Gasteiger partial charge in [-0.05, 0) is 35.6 Å². The van der Waals surface area contributed by atoms with Gasteiger partial charge in [0, 0.05) is 24.2 Å². The van der Waals surface area contributed by atoms with Crippen LogP contribution in [0.3, 0.4) is 0 Å². The molecule has 0 fully saturated rings. The van der Waals surface area contributed by atoms with E-state index in [0.717, 1.165) is 22.7 Å². The number of carbonyl (C=O) groups excluding carboxylic acids is 1. The minimum absolute atomic E-state index is 0.234. The number of thiophene rings is 1. The summed E-state index contributed by atoms with van der Waals surface area (Å²) in [6, 6.07) is 4.13. The molecule has 0 bridgehead atoms. The summed E-state index contributed by atoms with van der Waals surface area (Å²) in [5, 5.41) is 0.626. The van der Waals surface area contributed by atoms with Crippen LogP contribution in [-0.4, -0.2) is 36.3 Å². The number of aromatic nitrogens is 1. The molecule has 3 rings (SSSR count). The molecule has 0 saturated heterocycles. The lowest BCUT2D eigenvalue weighted by molar-refractivity contribution is -0.0438. The highest BCUT2D eigenvalue weighted by atomic mass is 32.2. The summed E-state index contributed by atoms with van der Waals surface area (Å²) in [5.74, 6) is -0.775. The minimum atomic E-state index is -5.70. The van der Waals surface area contributed by atoms with E-state index in [2.05, 4.69) is 4.98 Å². The van der Waals surface area contributed by atoms with Crippen molar-refractivity contribution in [3.63, 3.8) is 0 Å². The molecule has 5 nitrogen and oxygen atoms in total. The van der Waals surface area contributed by atoms with Crippen LogP contribution in [0.5, 0.6) is 0 Å². The fraction of sp³-hybridized carbons (Fsp3) is 0.286. The molecule has 24 heavy (non-hydrogen) atoms. The van der Waals surface area contributed by atoms with Crippen molar-refractivity contribution in [2.24, 2.45) is 0 Å². The predicted octanol–water partition coefficient (Wildman–Crippen LogP) is 2.64. The molecule has 1 amide bonds. The maximum absolute atomic E-state index is 12.8. The van der Waals surface area contributed by atoms with E-state index in [0.29, 0.717) is 13.0 Å². The summed E-state index contributed by atoms with van der Waals surface area (Å²) < 4.78 is 61.8. The quantitative estimate of drug-likeness (QED) is 0.808. The highest BCUT2D eigenvalue weighted by molar-refractivity contribution is 7.92. The molecular formula is C14H11F3N2O3S2. The summed E-state index contributed by atoms with van der Waals surface area (Å²) in [5.41, 5.74) is -5.16. The first kappa shape index (κ1) is 16.9. The van der Waals surface area contributed by atoms with Gasteiger partial charge < -0.3 is 4.90 Å². The summed E-state index contributed by atoms with van der Waals surface area (Å²) >= 11 is 1.55. The van der Waals surface area contributed by atoms with Gasteiger partial charge in [-0.15, -0.1) is 11.3 Å². The molecule has 2 aromatic rings. The molecule has 0 saturated carbocycles. The van der Waals surface area contributed by atoms with Crippen LogP contribution in [0.25, 0.3) is 0 Å². The Morgan fingerprint density at radius 3 is 2.75 bits per heavy atom. The van der Waals surface area contributed by atoms with E-state index in [4.69, 9.17) is 0 Å². The Bertz CT molecular complexity index is 891. The SMILES string of the molecule is O=C(c1cccnc1S(=O)(=O)C(F)(F)F)N1CCc2sccc2C1. The van der Waals surface area contributed by atoms with Gasteiger partial charge in [-0.1, -0.05) is 0 Å². The summed E-state index contributed by atoms with van der Waals surface area (Å²) in [4.78, 5) is 18.4. The van der Waals surface area contributed by atoms with Crippen LogP contribution in [0.1, 0.15) is 20.8 Å². The number of hydrogen-bond acceptors (Lipinski definition) is 5. The summed E-state index contributed by atoms with van der Waals surface area (Å²) in [6.45, 7) is 0.546. The van der Waals surface area contributed by atoms with Gasteiger partial charge in [-0.2, -0.15) is 13.2 Å². The van der Waals surface area contributed by atoms with Crippen LogP contribution >= 0.6 is 11.3 Å². The van der Waals surface area contributed by atoms with E-state index in [9.17, 15) is 26.4 Å². The van der Waals surface area contributed by atoms with Crippen LogP contribution in [0.15, 0.2) is 34.8 Å². The number of pyridine rings is 1. The molecule has 3 heterocycles. The second-order valence-corrected chi connectivity index (χ2v) is 8.01. The lowest BCUT2D eigenvalue weighted by atomic mass is 10.1. The van der Waals surface area contributed by atoms with Crippen molar-refractivity contribution in [1.82, 2.24) is 9.88 Å². The predicted molar refractivity (Wildman–Crippen MR) is 80.2 cm³/mol. The fourth-order valence-electron chi connectivity index (χ4n) is 2.47. The topological polar surface area (TPSA) is 67.3 Å². The Kier molecular flexibility index (Phi) is 4.12. The van der Waals surface area contributed by atoms with E-state index in [-0.39, 0.29) is 6.54 Å². The fourth-order valence-corrected chi connectivity index (χ4v) is 4.22. The first-order chi connectivity index (χ1) is 11.2. The van der Waals surface area contributed by atoms with Crippen LogP contribution in [0.2, 0.25) is 0 Å². The standard InChI is InChI=1S/C14H11F3N2O3S2/c15-14(16,17)24(21,22)12-10(2-1-5-18-12)13(20)19-6-3-11-9(8-19)4-7-23-11/h1-2,4-5,7H,3,6,8H2. The number of hydrogen-bond donors (Lipinski definition) is 0. The number of amides is 1. The molecule has 0 radical (unpaired) electrons. The lowest BCUT2D eigenvalue weighted by Gasteiger charge is -2.27. The van der Waals surface area contributed by atoms with Crippen molar-refractivity contribution >= 4 is 27.1 Å². The molecule has 0 aliphatic carbocycles. The van der Waals surface area contributed by atoms with E-state index in [1.54, 1.807) is 11.3 Å². The Morgan fingerprint density at radius 1 is 1.29 bits per heavy atom. The van der Waals surface area contributed by atoms with Gasteiger partial charge in [0.25, 0.3) is 15.7 Å². The van der Waals surface area contributed by atoms with Crippen LogP contribution in [0, 0.1) is 0 Å². The lowest BCUT2D eigenvalue weighted by Crippen LogP contribution is -2.37. The maximum Gasteiger partial charge on any atom is 0.503 e. The zero-order valence-corrected chi connectivity index (χ0v) is 13.7. The molecule has 0 N–H and O–H groups in total. The first-order valence-corrected chi connectivity index (χ1v) is 9.19. The van der Waals surface area contributed by atoms with Gasteiger partial charge in [0.15, 0.2) is 5.03 Å². The number of rotatable bonds is 2. The number of nitrogens with zero attached hydrogens (tertiary/aromatic N) is 2. The Hall–Kier alpha value is -1.94. The molecule has 0 atom stereocenters. The average molecular weight is 376 g/mol. The van der Waals surface area contributed by atoms with Crippen LogP contribution < -0.4 is 0 Å². The second-order valence-electron chi connectivity index (χ2n) is 5.15. The molecule has 128 valence electrons. The molecule has 0 unspecified atom stereocenters. The molecular weight excluding hydrogens is 365 g/mol. The van der Waals surface area contributed by atoms with Crippen molar-refractivity contribution in [1.29, 1.82) is 0 Å². The number of alkyl halides is 3. The van der Waals surface area contributed by atoms with Gasteiger partial charge in [-0.25, -0.2) is 13.4 Å². The third-order valence-corrected chi connectivity index (χ3v) is 6.12. The van der Waals surface area contributed by atoms with Gasteiger partial charge in [-0.3, -0.25) is 4.79 Å². The highest BCUT2D eigenvalue weighted by Crippen LogP contribution is 2.32. The third kappa shape index (κ3) is 2.80. The summed E-state index contributed by atoms with van der Waals surface area (Å²) in [7, 11) is -5.70. The van der Waals surface area contributed by atoms with Gasteiger partial charge in [0.1, 0.15) is 0 Å². The first-order valence-electron chi connectivity index (χ1n) is 6.82. The molecule has 1 aliphatic rings. The highest BCUT2D eigenvalue weighted by Gasteiger charge is 2.49. The smallest absolute Gasteiger partial charge is 0.334 e. The van der Waals surface area contributed by atoms with Crippen molar-refractivity contribution in [3.05, 3.63) is 45.8 Å². The monoisotopic (exact) mass is 376 g/mol. The normalized spacial score (nSPS) is 15.2. The largest absolute Gasteiger partial charge is 0.503 e. The Labute approximate surface area is 139 Å². The van der Waals surface area contributed by atoms with Crippen molar-refractivity contribution in [2.45, 2.75) is 23.5 Å². The van der Waals surface area contributed by atoms with E-state index >= 15 is 0 Å². The zero-order valence-electron chi connectivity index (χ0n) is 12.1. The van der Waals surface area contributed by atoms with Gasteiger partial charge in [0.05, 0.1) is 5.56 Å². The van der Waals surface area contributed by atoms with E-state index in [1.807, 2.05) is 11.4 Å². The van der Waals surface area contributed by atoms with E-state index < -0.39 is 31.8 Å². The van der Waals surface area contributed by atoms with Crippen molar-refractivity contribution in [2.75, 3.05) is 6.54 Å². The number of fused-ring (bicyclic) bond motifs is 1. The maximum atomic E-state index is 12.8. The molecule has 10 heteroatoms. The Morgan fingerprint density at radius 2 is 2.04 bits per heavy atom. The molecule has 0 spiro atoms. The zero-order chi connectivity index (χ0) is 17.5. The van der Waals surface area contributed by atoms with Crippen molar-refractivity contribution < 1.29 is 26.4 Å². The average Bonchev–Trinajstić information content (AvgIpc) is 3.00.